The van der Waals surface area contributed by atoms with Gasteiger partial charge in [0.15, 0.2) is 5.78 Å². The van der Waals surface area contributed by atoms with Gasteiger partial charge in [-0.2, -0.15) is 0 Å². The Morgan fingerprint density at radius 2 is 2.54 bits per heavy atom. The van der Waals surface area contributed by atoms with E-state index in [0.29, 0.717) is 18.3 Å². The molecule has 1 fully saturated rings. The first-order valence-corrected chi connectivity index (χ1v) is 5.10. The molecule has 0 aromatic heterocycles. The number of hydrogen-bond donors (Lipinski definition) is 1. The van der Waals surface area contributed by atoms with Crippen molar-refractivity contribution in [2.75, 3.05) is 13.1 Å². The molecule has 0 aromatic rings. The van der Waals surface area contributed by atoms with E-state index >= 15 is 0 Å². The van der Waals surface area contributed by atoms with Crippen molar-refractivity contribution < 1.29 is 4.79 Å². The van der Waals surface area contributed by atoms with Crippen LogP contribution in [-0.2, 0) is 4.79 Å². The first-order chi connectivity index (χ1) is 6.24. The molecule has 74 valence electrons. The molecule has 2 unspecified atom stereocenters. The molecular weight excluding hydrogens is 162 g/mol. The van der Waals surface area contributed by atoms with E-state index in [9.17, 15) is 4.79 Å². The van der Waals surface area contributed by atoms with E-state index < -0.39 is 0 Å². The van der Waals surface area contributed by atoms with Gasteiger partial charge in [-0.05, 0) is 43.8 Å². The summed E-state index contributed by atoms with van der Waals surface area (Å²) in [4.78, 5) is 11.1. The van der Waals surface area contributed by atoms with Gasteiger partial charge in [0.25, 0.3) is 0 Å². The van der Waals surface area contributed by atoms with E-state index in [1.807, 2.05) is 0 Å². The number of allylic oxidation sites excluding steroid dienone is 1. The van der Waals surface area contributed by atoms with E-state index in [0.717, 1.165) is 13.1 Å². The van der Waals surface area contributed by atoms with Crippen molar-refractivity contribution in [2.45, 2.75) is 26.2 Å². The van der Waals surface area contributed by atoms with Gasteiger partial charge in [-0.1, -0.05) is 13.5 Å². The summed E-state index contributed by atoms with van der Waals surface area (Å²) in [5, 5.41) is 3.37. The summed E-state index contributed by atoms with van der Waals surface area (Å²) in [7, 11) is 0. The summed E-state index contributed by atoms with van der Waals surface area (Å²) in [6, 6.07) is 0. The largest absolute Gasteiger partial charge is 0.316 e. The fourth-order valence-corrected chi connectivity index (χ4v) is 1.93. The lowest BCUT2D eigenvalue weighted by molar-refractivity contribution is -0.115. The van der Waals surface area contributed by atoms with Gasteiger partial charge in [0.2, 0.25) is 0 Å². The summed E-state index contributed by atoms with van der Waals surface area (Å²) < 4.78 is 0. The predicted octanol–water partition coefficient (Wildman–Crippen LogP) is 1.77. The molecule has 0 bridgehead atoms. The molecule has 0 spiro atoms. The zero-order chi connectivity index (χ0) is 9.68. The lowest BCUT2D eigenvalue weighted by Gasteiger charge is -2.27. The molecule has 0 amide bonds. The van der Waals surface area contributed by atoms with E-state index in [-0.39, 0.29) is 5.78 Å². The molecule has 2 atom stereocenters. The number of rotatable bonds is 4. The lowest BCUT2D eigenvalue weighted by Crippen LogP contribution is -2.33. The third-order valence-corrected chi connectivity index (χ3v) is 2.89. The molecule has 1 heterocycles. The Labute approximate surface area is 80.4 Å². The molecule has 1 N–H and O–H groups in total. The van der Waals surface area contributed by atoms with Gasteiger partial charge in [0, 0.05) is 6.42 Å². The van der Waals surface area contributed by atoms with Crippen LogP contribution < -0.4 is 5.32 Å². The molecule has 0 aromatic carbocycles. The zero-order valence-corrected chi connectivity index (χ0v) is 8.38. The van der Waals surface area contributed by atoms with Crippen LogP contribution in [0.15, 0.2) is 12.7 Å². The average Bonchev–Trinajstić information content (AvgIpc) is 2.19. The molecule has 1 saturated heterocycles. The van der Waals surface area contributed by atoms with Crippen LogP contribution in [0.4, 0.5) is 0 Å². The number of hydrogen-bond acceptors (Lipinski definition) is 2. The van der Waals surface area contributed by atoms with E-state index in [2.05, 4.69) is 18.8 Å². The normalized spacial score (nSPS) is 25.2. The summed E-state index contributed by atoms with van der Waals surface area (Å²) in [5.74, 6) is 1.36. The number of carbonyl (C=O) groups is 1. The molecule has 1 aliphatic rings. The van der Waals surface area contributed by atoms with Crippen molar-refractivity contribution in [3.8, 4) is 0 Å². The Balaban J connectivity index is 2.32. The van der Waals surface area contributed by atoms with Gasteiger partial charge in [-0.25, -0.2) is 0 Å². The smallest absolute Gasteiger partial charge is 0.155 e. The standard InChI is InChI=1S/C11H19NO/c1-3-11(13)7-9(2)10-5-4-6-12-8-10/h3,9-10,12H,1,4-8H2,2H3. The third-order valence-electron chi connectivity index (χ3n) is 2.89. The SMILES string of the molecule is C=CC(=O)CC(C)C1CCCNC1. The van der Waals surface area contributed by atoms with Crippen LogP contribution in [0.25, 0.3) is 0 Å². The van der Waals surface area contributed by atoms with Crippen LogP contribution >= 0.6 is 0 Å². The molecule has 2 nitrogen and oxygen atoms in total. The summed E-state index contributed by atoms with van der Waals surface area (Å²) in [5.41, 5.74) is 0. The molecule has 0 saturated carbocycles. The van der Waals surface area contributed by atoms with Crippen LogP contribution in [0.3, 0.4) is 0 Å². The first kappa shape index (κ1) is 10.5. The van der Waals surface area contributed by atoms with Crippen molar-refractivity contribution in [3.63, 3.8) is 0 Å². The van der Waals surface area contributed by atoms with Gasteiger partial charge in [0.1, 0.15) is 0 Å². The maximum Gasteiger partial charge on any atom is 0.155 e. The second kappa shape index (κ2) is 5.18. The number of carbonyl (C=O) groups excluding carboxylic acids is 1. The van der Waals surface area contributed by atoms with Gasteiger partial charge in [-0.3, -0.25) is 4.79 Å². The molecule has 2 heteroatoms. The van der Waals surface area contributed by atoms with Crippen LogP contribution in [-0.4, -0.2) is 18.9 Å². The maximum atomic E-state index is 11.1. The van der Waals surface area contributed by atoms with Crippen molar-refractivity contribution in [1.29, 1.82) is 0 Å². The highest BCUT2D eigenvalue weighted by molar-refractivity contribution is 5.89. The number of piperidine rings is 1. The van der Waals surface area contributed by atoms with Crippen molar-refractivity contribution in [3.05, 3.63) is 12.7 Å². The Morgan fingerprint density at radius 3 is 3.08 bits per heavy atom. The minimum absolute atomic E-state index is 0.179. The highest BCUT2D eigenvalue weighted by Gasteiger charge is 2.20. The Morgan fingerprint density at radius 1 is 1.77 bits per heavy atom. The Bertz CT molecular complexity index is 183. The fourth-order valence-electron chi connectivity index (χ4n) is 1.93. The first-order valence-electron chi connectivity index (χ1n) is 5.10. The molecule has 13 heavy (non-hydrogen) atoms. The van der Waals surface area contributed by atoms with E-state index in [4.69, 9.17) is 0 Å². The zero-order valence-electron chi connectivity index (χ0n) is 8.38. The fraction of sp³-hybridized carbons (Fsp3) is 0.727. The second-order valence-electron chi connectivity index (χ2n) is 3.96. The third kappa shape index (κ3) is 3.31. The van der Waals surface area contributed by atoms with Crippen LogP contribution in [0.1, 0.15) is 26.2 Å². The lowest BCUT2D eigenvalue weighted by atomic mass is 9.84. The predicted molar refractivity (Wildman–Crippen MR) is 54.6 cm³/mol. The van der Waals surface area contributed by atoms with Crippen LogP contribution in [0, 0.1) is 11.8 Å². The van der Waals surface area contributed by atoms with E-state index in [1.54, 1.807) is 0 Å². The second-order valence-corrected chi connectivity index (χ2v) is 3.96. The van der Waals surface area contributed by atoms with Gasteiger partial charge in [0.05, 0.1) is 0 Å². The average molecular weight is 181 g/mol. The molecule has 0 aliphatic carbocycles. The van der Waals surface area contributed by atoms with Gasteiger partial charge in [-0.15, -0.1) is 0 Å². The van der Waals surface area contributed by atoms with Crippen molar-refractivity contribution >= 4 is 5.78 Å². The van der Waals surface area contributed by atoms with Gasteiger partial charge >= 0.3 is 0 Å². The quantitative estimate of drug-likeness (QED) is 0.670. The minimum atomic E-state index is 0.179. The molecular formula is C11H19NO. The highest BCUT2D eigenvalue weighted by Crippen LogP contribution is 2.22. The van der Waals surface area contributed by atoms with Crippen molar-refractivity contribution in [1.82, 2.24) is 5.32 Å². The van der Waals surface area contributed by atoms with Gasteiger partial charge < -0.3 is 5.32 Å². The topological polar surface area (TPSA) is 29.1 Å². The van der Waals surface area contributed by atoms with Crippen LogP contribution in [0.5, 0.6) is 0 Å². The Kier molecular flexibility index (Phi) is 4.16. The van der Waals surface area contributed by atoms with E-state index in [1.165, 1.54) is 18.9 Å². The summed E-state index contributed by atoms with van der Waals surface area (Å²) >= 11 is 0. The monoisotopic (exact) mass is 181 g/mol. The van der Waals surface area contributed by atoms with Crippen molar-refractivity contribution in [2.24, 2.45) is 11.8 Å². The van der Waals surface area contributed by atoms with Crippen LogP contribution in [0.2, 0.25) is 0 Å². The molecule has 1 aliphatic heterocycles. The summed E-state index contributed by atoms with van der Waals surface area (Å²) in [6.45, 7) is 7.87. The maximum absolute atomic E-state index is 11.1. The number of ketones is 1. The molecule has 1 rings (SSSR count). The summed E-state index contributed by atoms with van der Waals surface area (Å²) in [6.07, 6.45) is 4.61. The molecule has 0 radical (unpaired) electrons. The highest BCUT2D eigenvalue weighted by atomic mass is 16.1. The Hall–Kier alpha value is -0.630. The number of nitrogens with one attached hydrogen (secondary N) is 1. The minimum Gasteiger partial charge on any atom is -0.316 e.